The van der Waals surface area contributed by atoms with Crippen molar-refractivity contribution in [2.45, 2.75) is 33.7 Å². The maximum Gasteiger partial charge on any atom is 0.0635 e. The Bertz CT molecular complexity index is 352. The zero-order valence-corrected chi connectivity index (χ0v) is 9.72. The summed E-state index contributed by atoms with van der Waals surface area (Å²) in [4.78, 5) is 0. The van der Waals surface area contributed by atoms with E-state index in [1.54, 1.807) is 0 Å². The Morgan fingerprint density at radius 1 is 1.20 bits per heavy atom. The molecule has 0 spiro atoms. The molecule has 0 heterocycles. The lowest BCUT2D eigenvalue weighted by atomic mass is 10.00. The van der Waals surface area contributed by atoms with Crippen LogP contribution in [0.2, 0.25) is 0 Å². The summed E-state index contributed by atoms with van der Waals surface area (Å²) in [7, 11) is 0. The van der Waals surface area contributed by atoms with Gasteiger partial charge in [0.25, 0.3) is 0 Å². The lowest BCUT2D eigenvalue weighted by Gasteiger charge is -2.11. The molecular weight excluding hydrogens is 184 g/mol. The fourth-order valence-corrected chi connectivity index (χ4v) is 1.85. The van der Waals surface area contributed by atoms with Gasteiger partial charge in [0.05, 0.1) is 6.07 Å². The van der Waals surface area contributed by atoms with Crippen molar-refractivity contribution in [3.8, 4) is 6.07 Å². The smallest absolute Gasteiger partial charge is 0.0635 e. The van der Waals surface area contributed by atoms with Crippen LogP contribution in [-0.4, -0.2) is 6.54 Å². The highest BCUT2D eigenvalue weighted by Gasteiger charge is 2.02. The van der Waals surface area contributed by atoms with Crippen LogP contribution in [0.25, 0.3) is 0 Å². The SMILES string of the molecule is Cc1cc(C)c(CNCCC#N)c(C)c1. The first-order valence-electron chi connectivity index (χ1n) is 5.29. The predicted molar refractivity (Wildman–Crippen MR) is 62.6 cm³/mol. The summed E-state index contributed by atoms with van der Waals surface area (Å²) in [5.74, 6) is 0. The Morgan fingerprint density at radius 2 is 1.80 bits per heavy atom. The Balaban J connectivity index is 2.65. The minimum atomic E-state index is 0.573. The van der Waals surface area contributed by atoms with E-state index in [2.05, 4.69) is 44.3 Å². The minimum Gasteiger partial charge on any atom is -0.312 e. The predicted octanol–water partition coefficient (Wildman–Crippen LogP) is 2.62. The first-order chi connectivity index (χ1) is 7.15. The van der Waals surface area contributed by atoms with Crippen molar-refractivity contribution in [3.63, 3.8) is 0 Å². The first kappa shape index (κ1) is 11.7. The number of hydrogen-bond donors (Lipinski definition) is 1. The third-order valence-corrected chi connectivity index (χ3v) is 2.56. The van der Waals surface area contributed by atoms with E-state index in [0.29, 0.717) is 6.42 Å². The van der Waals surface area contributed by atoms with E-state index in [1.807, 2.05) is 0 Å². The van der Waals surface area contributed by atoms with Crippen LogP contribution >= 0.6 is 0 Å². The van der Waals surface area contributed by atoms with Crippen LogP contribution in [-0.2, 0) is 6.54 Å². The molecule has 2 nitrogen and oxygen atoms in total. The zero-order valence-electron chi connectivity index (χ0n) is 9.72. The second-order valence-corrected chi connectivity index (χ2v) is 3.96. The van der Waals surface area contributed by atoms with Gasteiger partial charge in [0.2, 0.25) is 0 Å². The second-order valence-electron chi connectivity index (χ2n) is 3.96. The van der Waals surface area contributed by atoms with E-state index < -0.39 is 0 Å². The number of nitrogens with one attached hydrogen (secondary N) is 1. The third-order valence-electron chi connectivity index (χ3n) is 2.56. The van der Waals surface area contributed by atoms with Crippen LogP contribution in [0.4, 0.5) is 0 Å². The quantitative estimate of drug-likeness (QED) is 0.762. The molecule has 0 aliphatic carbocycles. The van der Waals surface area contributed by atoms with Gasteiger partial charge in [-0.1, -0.05) is 17.7 Å². The molecule has 0 aliphatic rings. The highest BCUT2D eigenvalue weighted by atomic mass is 14.8. The summed E-state index contributed by atoms with van der Waals surface area (Å²) in [6, 6.07) is 6.54. The lowest BCUT2D eigenvalue weighted by Crippen LogP contribution is -2.16. The standard InChI is InChI=1S/C13H18N2/c1-10-7-11(2)13(12(3)8-10)9-15-6-4-5-14/h7-8,15H,4,6,9H2,1-3H3. The summed E-state index contributed by atoms with van der Waals surface area (Å²) in [6.07, 6.45) is 0.573. The van der Waals surface area contributed by atoms with Crippen molar-refractivity contribution in [1.29, 1.82) is 5.26 Å². The van der Waals surface area contributed by atoms with Gasteiger partial charge < -0.3 is 5.32 Å². The van der Waals surface area contributed by atoms with Gasteiger partial charge in [-0.15, -0.1) is 0 Å². The van der Waals surface area contributed by atoms with Crippen molar-refractivity contribution < 1.29 is 0 Å². The van der Waals surface area contributed by atoms with E-state index in [0.717, 1.165) is 13.1 Å². The molecule has 1 rings (SSSR count). The molecule has 0 fully saturated rings. The Hall–Kier alpha value is -1.33. The largest absolute Gasteiger partial charge is 0.312 e. The molecule has 0 saturated carbocycles. The van der Waals surface area contributed by atoms with E-state index in [1.165, 1.54) is 22.3 Å². The summed E-state index contributed by atoms with van der Waals surface area (Å²) < 4.78 is 0. The van der Waals surface area contributed by atoms with E-state index >= 15 is 0 Å². The second kappa shape index (κ2) is 5.53. The Morgan fingerprint density at radius 3 is 2.33 bits per heavy atom. The normalized spacial score (nSPS) is 10.0. The van der Waals surface area contributed by atoms with E-state index in [-0.39, 0.29) is 0 Å². The number of nitriles is 1. The molecule has 0 bridgehead atoms. The molecule has 0 amide bonds. The van der Waals surface area contributed by atoms with Gasteiger partial charge in [-0.3, -0.25) is 0 Å². The molecule has 1 N–H and O–H groups in total. The van der Waals surface area contributed by atoms with Gasteiger partial charge in [-0.05, 0) is 37.5 Å². The minimum absolute atomic E-state index is 0.573. The Labute approximate surface area is 91.9 Å². The average Bonchev–Trinajstić information content (AvgIpc) is 2.15. The molecule has 0 atom stereocenters. The van der Waals surface area contributed by atoms with Crippen LogP contribution < -0.4 is 5.32 Å². The zero-order chi connectivity index (χ0) is 11.3. The monoisotopic (exact) mass is 202 g/mol. The highest BCUT2D eigenvalue weighted by molar-refractivity contribution is 5.37. The van der Waals surface area contributed by atoms with Gasteiger partial charge in [0.1, 0.15) is 0 Å². The Kier molecular flexibility index (Phi) is 4.33. The van der Waals surface area contributed by atoms with Gasteiger partial charge >= 0.3 is 0 Å². The van der Waals surface area contributed by atoms with Crippen molar-refractivity contribution in [3.05, 3.63) is 34.4 Å². The number of hydrogen-bond acceptors (Lipinski definition) is 2. The van der Waals surface area contributed by atoms with Crippen LogP contribution in [0.3, 0.4) is 0 Å². The molecular formula is C13H18N2. The third kappa shape index (κ3) is 3.38. The molecule has 1 aromatic carbocycles. The number of benzene rings is 1. The first-order valence-corrected chi connectivity index (χ1v) is 5.29. The lowest BCUT2D eigenvalue weighted by molar-refractivity contribution is 0.693. The topological polar surface area (TPSA) is 35.8 Å². The number of aryl methyl sites for hydroxylation is 3. The maximum absolute atomic E-state index is 8.42. The summed E-state index contributed by atoms with van der Waals surface area (Å²) in [6.45, 7) is 8.03. The van der Waals surface area contributed by atoms with Crippen LogP contribution in [0, 0.1) is 32.1 Å². The van der Waals surface area contributed by atoms with Crippen LogP contribution in [0.15, 0.2) is 12.1 Å². The van der Waals surface area contributed by atoms with Crippen molar-refractivity contribution in [2.24, 2.45) is 0 Å². The van der Waals surface area contributed by atoms with Crippen LogP contribution in [0.5, 0.6) is 0 Å². The van der Waals surface area contributed by atoms with Crippen molar-refractivity contribution in [1.82, 2.24) is 5.32 Å². The molecule has 0 unspecified atom stereocenters. The van der Waals surface area contributed by atoms with Crippen LogP contribution in [0.1, 0.15) is 28.7 Å². The molecule has 1 aromatic rings. The summed E-state index contributed by atoms with van der Waals surface area (Å²) in [5, 5.41) is 11.7. The van der Waals surface area contributed by atoms with Crippen molar-refractivity contribution in [2.75, 3.05) is 6.54 Å². The van der Waals surface area contributed by atoms with Gasteiger partial charge in [-0.2, -0.15) is 5.26 Å². The fourth-order valence-electron chi connectivity index (χ4n) is 1.85. The maximum atomic E-state index is 8.42. The summed E-state index contributed by atoms with van der Waals surface area (Å²) in [5.41, 5.74) is 5.33. The molecule has 0 aliphatic heterocycles. The molecule has 15 heavy (non-hydrogen) atoms. The molecule has 0 aromatic heterocycles. The molecule has 80 valence electrons. The van der Waals surface area contributed by atoms with Gasteiger partial charge in [0.15, 0.2) is 0 Å². The molecule has 2 heteroatoms. The van der Waals surface area contributed by atoms with E-state index in [4.69, 9.17) is 5.26 Å². The highest BCUT2D eigenvalue weighted by Crippen LogP contribution is 2.15. The fraction of sp³-hybridized carbons (Fsp3) is 0.462. The average molecular weight is 202 g/mol. The van der Waals surface area contributed by atoms with Gasteiger partial charge in [0, 0.05) is 19.5 Å². The molecule has 0 radical (unpaired) electrons. The number of rotatable bonds is 4. The van der Waals surface area contributed by atoms with Gasteiger partial charge in [-0.25, -0.2) is 0 Å². The molecule has 0 saturated heterocycles. The summed E-state index contributed by atoms with van der Waals surface area (Å²) >= 11 is 0. The number of nitrogens with zero attached hydrogens (tertiary/aromatic N) is 1. The van der Waals surface area contributed by atoms with Crippen molar-refractivity contribution >= 4 is 0 Å². The van der Waals surface area contributed by atoms with E-state index in [9.17, 15) is 0 Å².